The van der Waals surface area contributed by atoms with Gasteiger partial charge in [0.2, 0.25) is 0 Å². The molecule has 0 aliphatic heterocycles. The number of anilines is 2. The van der Waals surface area contributed by atoms with Gasteiger partial charge in [-0.15, -0.1) is 0 Å². The van der Waals surface area contributed by atoms with Crippen LogP contribution in [0.4, 0.5) is 11.6 Å². The predicted molar refractivity (Wildman–Crippen MR) is 268 cm³/mol. The first-order valence-corrected chi connectivity index (χ1v) is 26.6. The summed E-state index contributed by atoms with van der Waals surface area (Å²) in [5.41, 5.74) is 0. The maximum Gasteiger partial charge on any atom is 0.306 e. The van der Waals surface area contributed by atoms with Crippen LogP contribution >= 0.6 is 0 Å². The second-order valence-electron chi connectivity index (χ2n) is 17.9. The Morgan fingerprint density at radius 3 is 1.55 bits per heavy atom. The van der Waals surface area contributed by atoms with Gasteiger partial charge in [-0.1, -0.05) is 169 Å². The Morgan fingerprint density at radius 1 is 0.597 bits per heavy atom. The molecule has 2 N–H and O–H groups in total. The smallest absolute Gasteiger partial charge is 0.306 e. The molecule has 62 heavy (non-hydrogen) atoms. The summed E-state index contributed by atoms with van der Waals surface area (Å²) in [6, 6.07) is 1.94. The van der Waals surface area contributed by atoms with Crippen molar-refractivity contribution < 1.29 is 19.1 Å². The van der Waals surface area contributed by atoms with Crippen LogP contribution in [-0.2, 0) is 19.1 Å². The van der Waals surface area contributed by atoms with E-state index in [-0.39, 0.29) is 12.1 Å². The molecular weight excluding hydrogens is 771 g/mol. The lowest BCUT2D eigenvalue weighted by Gasteiger charge is -2.22. The van der Waals surface area contributed by atoms with E-state index in [2.05, 4.69) is 53.2 Å². The fourth-order valence-corrected chi connectivity index (χ4v) is 8.13. The van der Waals surface area contributed by atoms with Gasteiger partial charge in [-0.3, -0.25) is 4.79 Å². The molecule has 1 aromatic heterocycles. The van der Waals surface area contributed by atoms with E-state index in [1.54, 1.807) is 6.33 Å². The second kappa shape index (κ2) is 48.2. The van der Waals surface area contributed by atoms with Gasteiger partial charge in [0.1, 0.15) is 30.4 Å². The molecule has 0 aromatic carbocycles. The average molecular weight is 874 g/mol. The molecule has 0 aliphatic carbocycles. The van der Waals surface area contributed by atoms with E-state index in [1.165, 1.54) is 161 Å². The monoisotopic (exact) mass is 874 g/mol. The molecule has 1 unspecified atom stereocenters. The van der Waals surface area contributed by atoms with Gasteiger partial charge in [0, 0.05) is 39.6 Å². The minimum absolute atomic E-state index is 0.0251. The second-order valence-corrected chi connectivity index (χ2v) is 17.9. The first kappa shape index (κ1) is 59.7. The maximum absolute atomic E-state index is 12.8. The Morgan fingerprint density at radius 2 is 1.05 bits per heavy atom. The number of carbonyl (C=O) groups excluding carboxylic acids is 2. The van der Waals surface area contributed by atoms with Crippen molar-refractivity contribution in [2.24, 2.45) is 0 Å². The Kier molecular flexibility index (Phi) is 46.4. The van der Waals surface area contributed by atoms with E-state index >= 15 is 0 Å². The first-order chi connectivity index (χ1) is 30.5. The van der Waals surface area contributed by atoms with E-state index in [0.29, 0.717) is 18.9 Å². The summed E-state index contributed by atoms with van der Waals surface area (Å²) in [6.07, 6.45) is 45.3. The van der Waals surface area contributed by atoms with Crippen molar-refractivity contribution in [3.05, 3.63) is 12.4 Å². The molecule has 0 fully saturated rings. The predicted octanol–water partition coefficient (Wildman–Crippen LogP) is 15.1. The third-order valence-corrected chi connectivity index (χ3v) is 12.3. The Balaban J connectivity index is 0.00000245. The summed E-state index contributed by atoms with van der Waals surface area (Å²) in [5.74, 6) is 1.70. The molecule has 0 saturated heterocycles. The largest absolute Gasteiger partial charge is 0.462 e. The number of unbranched alkanes of at least 4 members (excludes halogenated alkanes) is 24. The van der Waals surface area contributed by atoms with E-state index in [0.717, 1.165) is 95.5 Å². The Bertz CT molecular complexity index is 1060. The first-order valence-electron chi connectivity index (χ1n) is 26.6. The van der Waals surface area contributed by atoms with Crippen LogP contribution in [0.2, 0.25) is 0 Å². The minimum Gasteiger partial charge on any atom is -0.462 e. The lowest BCUT2D eigenvalue weighted by molar-refractivity contribution is -0.150. The Labute approximate surface area is 384 Å². The molecular formula is C53H103N5O4. The number of carbonyl (C=O) groups is 2. The van der Waals surface area contributed by atoms with Crippen LogP contribution in [0.15, 0.2) is 12.4 Å². The van der Waals surface area contributed by atoms with Gasteiger partial charge < -0.3 is 29.8 Å². The number of esters is 1. The van der Waals surface area contributed by atoms with Crippen molar-refractivity contribution in [2.75, 3.05) is 51.0 Å². The zero-order valence-electron chi connectivity index (χ0n) is 41.9. The van der Waals surface area contributed by atoms with Crippen LogP contribution < -0.4 is 10.6 Å². The van der Waals surface area contributed by atoms with Crippen molar-refractivity contribution in [3.63, 3.8) is 0 Å². The molecule has 1 aromatic rings. The zero-order chi connectivity index (χ0) is 45.4. The molecule has 0 spiro atoms. The van der Waals surface area contributed by atoms with Crippen molar-refractivity contribution >= 4 is 23.9 Å². The summed E-state index contributed by atoms with van der Waals surface area (Å²) < 4.78 is 11.4. The normalized spacial score (nSPS) is 11.7. The maximum atomic E-state index is 12.8. The highest BCUT2D eigenvalue weighted by molar-refractivity contribution is 5.69. The van der Waals surface area contributed by atoms with Crippen molar-refractivity contribution in [3.8, 4) is 0 Å². The number of aldehydes is 1. The number of methoxy groups -OCH3 is 1. The topological polar surface area (TPSA) is 106 Å². The standard InChI is InChI=1S/C41H77N5O3.C12H26O/c1-4-6-8-10-15-21-28-38(29-22-16-11-9-7-5-2)49-41(48)30-23-17-14-19-25-33-46(32-24-18-12-13-20-26-35-47)34-27-31-43-40-36-39(42-3)44-37-45-40;1-4-6-7-8-9-10-11-12(5-2)13-3/h35-38H,4-34H2,1-3H3,(H2,42,43,44,45);12H,4-11H2,1-3H3. The number of nitrogens with zero attached hydrogens (tertiary/aromatic N) is 3. The molecule has 0 radical (unpaired) electrons. The molecule has 0 saturated carbocycles. The highest BCUT2D eigenvalue weighted by Gasteiger charge is 2.14. The molecule has 1 rings (SSSR count). The number of aromatic nitrogens is 2. The summed E-state index contributed by atoms with van der Waals surface area (Å²) in [7, 11) is 3.69. The molecule has 1 heterocycles. The average Bonchev–Trinajstić information content (AvgIpc) is 3.29. The van der Waals surface area contributed by atoms with E-state index in [4.69, 9.17) is 9.47 Å². The Hall–Kier alpha value is -2.26. The SMILES string of the molecule is CCCCCCCCC(CC)OC.CCCCCCCCC(CCCCCCCC)OC(=O)CCCCCCCN(CCCCCCCC=O)CCCNc1cc(NC)ncn1. The number of nitrogens with one attached hydrogen (secondary N) is 2. The van der Waals surface area contributed by atoms with Gasteiger partial charge in [-0.05, 0) is 90.3 Å². The number of hydrogen-bond donors (Lipinski definition) is 2. The lowest BCUT2D eigenvalue weighted by Crippen LogP contribution is -2.28. The molecule has 9 nitrogen and oxygen atoms in total. The lowest BCUT2D eigenvalue weighted by atomic mass is 10.0. The van der Waals surface area contributed by atoms with Crippen molar-refractivity contribution in [2.45, 2.75) is 265 Å². The van der Waals surface area contributed by atoms with Gasteiger partial charge in [-0.2, -0.15) is 0 Å². The highest BCUT2D eigenvalue weighted by atomic mass is 16.5. The molecule has 9 heteroatoms. The van der Waals surface area contributed by atoms with Crippen LogP contribution in [0, 0.1) is 0 Å². The third-order valence-electron chi connectivity index (χ3n) is 12.3. The molecule has 1 atom stereocenters. The molecule has 364 valence electrons. The highest BCUT2D eigenvalue weighted by Crippen LogP contribution is 2.19. The van der Waals surface area contributed by atoms with E-state index in [9.17, 15) is 9.59 Å². The fraction of sp³-hybridized carbons (Fsp3) is 0.887. The number of hydrogen-bond acceptors (Lipinski definition) is 9. The van der Waals surface area contributed by atoms with Crippen LogP contribution in [0.25, 0.3) is 0 Å². The summed E-state index contributed by atoms with van der Waals surface area (Å²) in [6.45, 7) is 13.2. The van der Waals surface area contributed by atoms with Crippen molar-refractivity contribution in [1.82, 2.24) is 14.9 Å². The summed E-state index contributed by atoms with van der Waals surface area (Å²) in [5, 5.41) is 6.50. The number of ether oxygens (including phenoxy) is 2. The van der Waals surface area contributed by atoms with Gasteiger partial charge in [0.25, 0.3) is 0 Å². The number of rotatable bonds is 46. The van der Waals surface area contributed by atoms with Crippen molar-refractivity contribution in [1.29, 1.82) is 0 Å². The zero-order valence-corrected chi connectivity index (χ0v) is 41.9. The summed E-state index contributed by atoms with van der Waals surface area (Å²) >= 11 is 0. The quantitative estimate of drug-likeness (QED) is 0.0376. The third kappa shape index (κ3) is 40.5. The molecule has 0 amide bonds. The van der Waals surface area contributed by atoms with Gasteiger partial charge in [-0.25, -0.2) is 9.97 Å². The van der Waals surface area contributed by atoms with Gasteiger partial charge >= 0.3 is 5.97 Å². The minimum atomic E-state index is 0.0251. The van der Waals surface area contributed by atoms with Crippen LogP contribution in [-0.4, -0.2) is 79.7 Å². The van der Waals surface area contributed by atoms with E-state index < -0.39 is 0 Å². The van der Waals surface area contributed by atoms with Gasteiger partial charge in [0.15, 0.2) is 0 Å². The van der Waals surface area contributed by atoms with Crippen LogP contribution in [0.5, 0.6) is 0 Å². The molecule has 0 bridgehead atoms. The van der Waals surface area contributed by atoms with Crippen LogP contribution in [0.3, 0.4) is 0 Å². The molecule has 0 aliphatic rings. The summed E-state index contributed by atoms with van der Waals surface area (Å²) in [4.78, 5) is 34.5. The van der Waals surface area contributed by atoms with E-state index in [1.807, 2.05) is 20.2 Å². The van der Waals surface area contributed by atoms with Gasteiger partial charge in [0.05, 0.1) is 6.10 Å². The van der Waals surface area contributed by atoms with Crippen LogP contribution in [0.1, 0.15) is 252 Å². The fourth-order valence-electron chi connectivity index (χ4n) is 8.13.